The summed E-state index contributed by atoms with van der Waals surface area (Å²) in [4.78, 5) is 11.0. The van der Waals surface area contributed by atoms with Crippen LogP contribution in [0.5, 0.6) is 0 Å². The molecule has 0 spiro atoms. The van der Waals surface area contributed by atoms with Gasteiger partial charge in [0, 0.05) is 5.57 Å². The molecule has 0 aromatic carbocycles. The first-order chi connectivity index (χ1) is 7.33. The van der Waals surface area contributed by atoms with Crippen molar-refractivity contribution in [2.24, 2.45) is 0 Å². The third-order valence-corrected chi connectivity index (χ3v) is 2.30. The van der Waals surface area contributed by atoms with Crippen molar-refractivity contribution in [3.63, 3.8) is 0 Å². The van der Waals surface area contributed by atoms with E-state index < -0.39 is 0 Å². The zero-order chi connectivity index (χ0) is 12.6. The molecule has 0 unspecified atom stereocenters. The number of halogens is 1. The average molecular weight is 308 g/mol. The minimum Gasteiger partial charge on any atom is -1.00 e. The molecule has 0 aliphatic carbocycles. The SMILES string of the molecule is C=C(C)C(=O)OCCCCCC[N+](C)(C)C.[Br-]. The number of ether oxygens (including phenoxy) is 1. The summed E-state index contributed by atoms with van der Waals surface area (Å²) in [5, 5.41) is 0. The zero-order valence-electron chi connectivity index (χ0n) is 11.6. The van der Waals surface area contributed by atoms with Gasteiger partial charge in [-0.15, -0.1) is 0 Å². The van der Waals surface area contributed by atoms with Crippen LogP contribution in [0.4, 0.5) is 0 Å². The van der Waals surface area contributed by atoms with E-state index in [1.165, 1.54) is 19.4 Å². The van der Waals surface area contributed by atoms with E-state index in [9.17, 15) is 4.79 Å². The van der Waals surface area contributed by atoms with Crippen molar-refractivity contribution in [3.8, 4) is 0 Å². The van der Waals surface area contributed by atoms with Crippen molar-refractivity contribution in [3.05, 3.63) is 12.2 Å². The van der Waals surface area contributed by atoms with Crippen molar-refractivity contribution in [1.29, 1.82) is 0 Å². The van der Waals surface area contributed by atoms with Gasteiger partial charge in [0.05, 0.1) is 34.3 Å². The van der Waals surface area contributed by atoms with Gasteiger partial charge in [0.2, 0.25) is 0 Å². The summed E-state index contributed by atoms with van der Waals surface area (Å²) in [7, 11) is 6.61. The highest BCUT2D eigenvalue weighted by Crippen LogP contribution is 2.04. The highest BCUT2D eigenvalue weighted by molar-refractivity contribution is 5.86. The Bertz CT molecular complexity index is 234. The molecule has 0 aromatic heterocycles. The smallest absolute Gasteiger partial charge is 0.333 e. The molecule has 0 saturated heterocycles. The molecule has 0 heterocycles. The van der Waals surface area contributed by atoms with Crippen molar-refractivity contribution in [1.82, 2.24) is 0 Å². The summed E-state index contributed by atoms with van der Waals surface area (Å²) >= 11 is 0. The Hall–Kier alpha value is -0.350. The minimum absolute atomic E-state index is 0. The van der Waals surface area contributed by atoms with Crippen LogP contribution >= 0.6 is 0 Å². The maximum atomic E-state index is 11.0. The van der Waals surface area contributed by atoms with Crippen molar-refractivity contribution in [2.45, 2.75) is 32.6 Å². The van der Waals surface area contributed by atoms with Gasteiger partial charge in [-0.05, 0) is 32.6 Å². The first-order valence-corrected chi connectivity index (χ1v) is 5.96. The molecule has 0 aliphatic heterocycles. The molecule has 0 N–H and O–H groups in total. The first kappa shape index (κ1) is 19.0. The normalized spacial score (nSPS) is 10.6. The number of esters is 1. The maximum absolute atomic E-state index is 11.0. The molecule has 0 aliphatic rings. The molecule has 102 valence electrons. The van der Waals surface area contributed by atoms with Gasteiger partial charge in [-0.3, -0.25) is 0 Å². The van der Waals surface area contributed by atoms with Gasteiger partial charge in [-0.2, -0.15) is 0 Å². The van der Waals surface area contributed by atoms with Crippen LogP contribution < -0.4 is 17.0 Å². The lowest BCUT2D eigenvalue weighted by atomic mass is 10.2. The van der Waals surface area contributed by atoms with Crippen LogP contribution in [0.1, 0.15) is 32.6 Å². The van der Waals surface area contributed by atoms with Crippen LogP contribution in [-0.4, -0.2) is 44.7 Å². The Morgan fingerprint density at radius 3 is 2.12 bits per heavy atom. The summed E-state index contributed by atoms with van der Waals surface area (Å²) in [5.41, 5.74) is 0.477. The molecule has 0 aromatic rings. The molecule has 4 heteroatoms. The highest BCUT2D eigenvalue weighted by atomic mass is 79.9. The summed E-state index contributed by atoms with van der Waals surface area (Å²) in [6.07, 6.45) is 4.53. The van der Waals surface area contributed by atoms with Crippen molar-refractivity contribution < 1.29 is 31.0 Å². The predicted octanol–water partition coefficient (Wildman–Crippen LogP) is -0.624. The fraction of sp³-hybridized carbons (Fsp3) is 0.769. The molecule has 3 nitrogen and oxygen atoms in total. The Labute approximate surface area is 116 Å². The zero-order valence-corrected chi connectivity index (χ0v) is 13.2. The molecule has 0 rings (SSSR count). The van der Waals surface area contributed by atoms with Crippen molar-refractivity contribution in [2.75, 3.05) is 34.3 Å². The summed E-state index contributed by atoms with van der Waals surface area (Å²) < 4.78 is 6.03. The van der Waals surface area contributed by atoms with E-state index in [1.54, 1.807) is 6.92 Å². The number of hydrogen-bond donors (Lipinski definition) is 0. The van der Waals surface area contributed by atoms with Crippen LogP contribution in [0.2, 0.25) is 0 Å². The fourth-order valence-electron chi connectivity index (χ4n) is 1.33. The quantitative estimate of drug-likeness (QED) is 0.258. The van der Waals surface area contributed by atoms with Gasteiger partial charge in [0.15, 0.2) is 0 Å². The molecule has 0 amide bonds. The number of unbranched alkanes of at least 4 members (excludes halogenated alkanes) is 3. The van der Waals surface area contributed by atoms with Gasteiger partial charge < -0.3 is 26.2 Å². The third kappa shape index (κ3) is 13.6. The fourth-order valence-corrected chi connectivity index (χ4v) is 1.33. The second kappa shape index (κ2) is 9.66. The topological polar surface area (TPSA) is 26.3 Å². The van der Waals surface area contributed by atoms with E-state index in [0.29, 0.717) is 12.2 Å². The Balaban J connectivity index is 0. The Morgan fingerprint density at radius 2 is 1.65 bits per heavy atom. The molecule has 0 atom stereocenters. The summed E-state index contributed by atoms with van der Waals surface area (Å²) in [6.45, 7) is 6.93. The van der Waals surface area contributed by atoms with Crippen molar-refractivity contribution >= 4 is 5.97 Å². The number of quaternary nitrogens is 1. The molecule has 0 saturated carbocycles. The number of nitrogens with zero attached hydrogens (tertiary/aromatic N) is 1. The maximum Gasteiger partial charge on any atom is 0.333 e. The third-order valence-electron chi connectivity index (χ3n) is 2.30. The van der Waals surface area contributed by atoms with E-state index in [4.69, 9.17) is 4.74 Å². The highest BCUT2D eigenvalue weighted by Gasteiger charge is 2.05. The van der Waals surface area contributed by atoms with Crippen LogP contribution in [0, 0.1) is 0 Å². The van der Waals surface area contributed by atoms with E-state index in [-0.39, 0.29) is 23.0 Å². The average Bonchev–Trinajstić information content (AvgIpc) is 2.14. The van der Waals surface area contributed by atoms with E-state index in [2.05, 4.69) is 27.7 Å². The van der Waals surface area contributed by atoms with E-state index in [1.807, 2.05) is 0 Å². The Morgan fingerprint density at radius 1 is 1.12 bits per heavy atom. The lowest BCUT2D eigenvalue weighted by Gasteiger charge is -2.23. The molecule has 17 heavy (non-hydrogen) atoms. The molecule has 0 radical (unpaired) electrons. The van der Waals surface area contributed by atoms with Crippen LogP contribution in [-0.2, 0) is 9.53 Å². The second-order valence-electron chi connectivity index (χ2n) is 5.34. The van der Waals surface area contributed by atoms with Crippen LogP contribution in [0.15, 0.2) is 12.2 Å². The van der Waals surface area contributed by atoms with Gasteiger partial charge >= 0.3 is 5.97 Å². The summed E-state index contributed by atoms with van der Waals surface area (Å²) in [6, 6.07) is 0. The Kier molecular flexibility index (Phi) is 10.8. The molecule has 0 fully saturated rings. The van der Waals surface area contributed by atoms with Gasteiger partial charge in [-0.25, -0.2) is 4.79 Å². The summed E-state index contributed by atoms with van der Waals surface area (Å²) in [5.74, 6) is -0.272. The molecular weight excluding hydrogens is 282 g/mol. The predicted molar refractivity (Wildman–Crippen MR) is 67.1 cm³/mol. The van der Waals surface area contributed by atoms with Gasteiger partial charge in [0.25, 0.3) is 0 Å². The lowest BCUT2D eigenvalue weighted by Crippen LogP contribution is -3.00. The van der Waals surface area contributed by atoms with Gasteiger partial charge in [-0.1, -0.05) is 6.58 Å². The van der Waals surface area contributed by atoms with E-state index in [0.717, 1.165) is 17.3 Å². The number of carbonyl (C=O) groups excluding carboxylic acids is 1. The molecule has 0 bridgehead atoms. The van der Waals surface area contributed by atoms with Crippen LogP contribution in [0.25, 0.3) is 0 Å². The standard InChI is InChI=1S/C13H26NO2.BrH/c1-12(2)13(15)16-11-9-7-6-8-10-14(3,4)5;/h1,6-11H2,2-5H3;1H/q+1;/p-1. The number of hydrogen-bond acceptors (Lipinski definition) is 2. The van der Waals surface area contributed by atoms with Crippen LogP contribution in [0.3, 0.4) is 0 Å². The molecular formula is C13H26BrNO2. The van der Waals surface area contributed by atoms with E-state index >= 15 is 0 Å². The second-order valence-corrected chi connectivity index (χ2v) is 5.34. The first-order valence-electron chi connectivity index (χ1n) is 5.96. The monoisotopic (exact) mass is 307 g/mol. The minimum atomic E-state index is -0.272. The number of carbonyl (C=O) groups is 1. The number of rotatable bonds is 8. The lowest BCUT2D eigenvalue weighted by molar-refractivity contribution is -0.870. The largest absolute Gasteiger partial charge is 1.00 e. The van der Waals surface area contributed by atoms with Gasteiger partial charge in [0.1, 0.15) is 0 Å².